The van der Waals surface area contributed by atoms with Crippen LogP contribution in [0.5, 0.6) is 0 Å². The molecule has 0 aliphatic rings. The van der Waals surface area contributed by atoms with Crippen LogP contribution in [0, 0.1) is 0 Å². The van der Waals surface area contributed by atoms with Gasteiger partial charge in [0, 0.05) is 19.7 Å². The second-order valence-electron chi connectivity index (χ2n) is 3.79. The Morgan fingerprint density at radius 3 is 2.50 bits per heavy atom. The topological polar surface area (TPSA) is 24.5 Å². The number of ether oxygens (including phenoxy) is 1. The fraction of sp³-hybridized carbons (Fsp3) is 1.00. The molecule has 1 unspecified atom stereocenters. The van der Waals surface area contributed by atoms with Crippen LogP contribution in [0.2, 0.25) is 0 Å². The van der Waals surface area contributed by atoms with E-state index in [2.05, 4.69) is 31.1 Å². The molecule has 0 saturated carbocycles. The minimum absolute atomic E-state index is 0.506. The van der Waals surface area contributed by atoms with Crippen molar-refractivity contribution in [2.24, 2.45) is 0 Å². The van der Waals surface area contributed by atoms with Gasteiger partial charge in [0.1, 0.15) is 0 Å². The van der Waals surface area contributed by atoms with Gasteiger partial charge in [0.25, 0.3) is 0 Å². The third kappa shape index (κ3) is 6.35. The van der Waals surface area contributed by atoms with Crippen molar-refractivity contribution >= 4 is 0 Å². The minimum Gasteiger partial charge on any atom is -0.383 e. The highest BCUT2D eigenvalue weighted by Crippen LogP contribution is 1.97. The number of methoxy groups -OCH3 is 1. The largest absolute Gasteiger partial charge is 0.383 e. The lowest BCUT2D eigenvalue weighted by atomic mass is 10.2. The summed E-state index contributed by atoms with van der Waals surface area (Å²) in [5.74, 6) is 0. The first-order valence-corrected chi connectivity index (χ1v) is 5.66. The van der Waals surface area contributed by atoms with Crippen LogP contribution in [0.15, 0.2) is 0 Å². The number of hydrogen-bond donors (Lipinski definition) is 1. The molecule has 0 aliphatic carbocycles. The zero-order valence-electron chi connectivity index (χ0n) is 10.2. The summed E-state index contributed by atoms with van der Waals surface area (Å²) in [5, 5.41) is 3.44. The van der Waals surface area contributed by atoms with Crippen molar-refractivity contribution in [3.8, 4) is 0 Å². The second-order valence-corrected chi connectivity index (χ2v) is 3.79. The Kier molecular flexibility index (Phi) is 9.35. The monoisotopic (exact) mass is 202 g/mol. The average molecular weight is 202 g/mol. The van der Waals surface area contributed by atoms with Crippen molar-refractivity contribution in [1.29, 1.82) is 0 Å². The molecule has 1 N–H and O–H groups in total. The van der Waals surface area contributed by atoms with Gasteiger partial charge in [-0.25, -0.2) is 0 Å². The maximum Gasteiger partial charge on any atom is 0.0630 e. The lowest BCUT2D eigenvalue weighted by Crippen LogP contribution is -2.43. The van der Waals surface area contributed by atoms with Crippen LogP contribution in [0.3, 0.4) is 0 Å². The number of likely N-dealkylation sites (N-methyl/N-ethyl adjacent to an activating group) is 1. The maximum absolute atomic E-state index is 5.22. The van der Waals surface area contributed by atoms with Crippen molar-refractivity contribution in [3.05, 3.63) is 0 Å². The Labute approximate surface area is 88.8 Å². The van der Waals surface area contributed by atoms with Crippen LogP contribution >= 0.6 is 0 Å². The Morgan fingerprint density at radius 1 is 1.29 bits per heavy atom. The van der Waals surface area contributed by atoms with Gasteiger partial charge in [-0.3, -0.25) is 4.90 Å². The van der Waals surface area contributed by atoms with Crippen LogP contribution < -0.4 is 5.32 Å². The summed E-state index contributed by atoms with van der Waals surface area (Å²) in [7, 11) is 3.94. The van der Waals surface area contributed by atoms with Gasteiger partial charge in [0.2, 0.25) is 0 Å². The van der Waals surface area contributed by atoms with E-state index in [9.17, 15) is 0 Å². The predicted octanol–water partition coefficient (Wildman–Crippen LogP) is 1.34. The molecule has 0 spiro atoms. The summed E-state index contributed by atoms with van der Waals surface area (Å²) < 4.78 is 5.22. The van der Waals surface area contributed by atoms with E-state index >= 15 is 0 Å². The van der Waals surface area contributed by atoms with E-state index in [1.807, 2.05) is 0 Å². The van der Waals surface area contributed by atoms with Crippen LogP contribution in [0.4, 0.5) is 0 Å². The summed E-state index contributed by atoms with van der Waals surface area (Å²) in [6.07, 6.45) is 2.39. The second kappa shape index (κ2) is 9.44. The SMILES string of the molecule is CCCNCC(COC)N(C)CCC. The lowest BCUT2D eigenvalue weighted by Gasteiger charge is -2.27. The maximum atomic E-state index is 5.22. The normalized spacial score (nSPS) is 13.5. The molecule has 0 bridgehead atoms. The standard InChI is InChI=1S/C11H26N2O/c1-5-7-12-9-11(10-14-4)13(3)8-6-2/h11-12H,5-10H2,1-4H3. The van der Waals surface area contributed by atoms with E-state index in [0.29, 0.717) is 6.04 Å². The van der Waals surface area contributed by atoms with Gasteiger partial charge in [0.05, 0.1) is 6.61 Å². The van der Waals surface area contributed by atoms with Crippen molar-refractivity contribution < 1.29 is 4.74 Å². The fourth-order valence-corrected chi connectivity index (χ4v) is 1.52. The molecular weight excluding hydrogens is 176 g/mol. The van der Waals surface area contributed by atoms with Crippen molar-refractivity contribution in [2.45, 2.75) is 32.7 Å². The molecule has 14 heavy (non-hydrogen) atoms. The summed E-state index contributed by atoms with van der Waals surface area (Å²) in [6, 6.07) is 0.506. The summed E-state index contributed by atoms with van der Waals surface area (Å²) >= 11 is 0. The van der Waals surface area contributed by atoms with E-state index < -0.39 is 0 Å². The molecule has 0 radical (unpaired) electrons. The van der Waals surface area contributed by atoms with Crippen LogP contribution in [-0.2, 0) is 4.74 Å². The molecule has 0 saturated heterocycles. The van der Waals surface area contributed by atoms with E-state index in [-0.39, 0.29) is 0 Å². The number of hydrogen-bond acceptors (Lipinski definition) is 3. The van der Waals surface area contributed by atoms with Gasteiger partial charge in [-0.1, -0.05) is 13.8 Å². The molecule has 86 valence electrons. The number of nitrogens with zero attached hydrogens (tertiary/aromatic N) is 1. The quantitative estimate of drug-likeness (QED) is 0.571. The van der Waals surface area contributed by atoms with Crippen molar-refractivity contribution in [1.82, 2.24) is 10.2 Å². The highest BCUT2D eigenvalue weighted by atomic mass is 16.5. The highest BCUT2D eigenvalue weighted by molar-refractivity contribution is 4.70. The molecule has 0 fully saturated rings. The van der Waals surface area contributed by atoms with Gasteiger partial charge in [-0.2, -0.15) is 0 Å². The molecule has 0 amide bonds. The van der Waals surface area contributed by atoms with Gasteiger partial charge < -0.3 is 10.1 Å². The zero-order valence-corrected chi connectivity index (χ0v) is 10.2. The van der Waals surface area contributed by atoms with E-state index in [0.717, 1.165) is 26.2 Å². The molecular formula is C11H26N2O. The third-order valence-corrected chi connectivity index (χ3v) is 2.37. The molecule has 1 atom stereocenters. The van der Waals surface area contributed by atoms with Gasteiger partial charge in [-0.15, -0.1) is 0 Å². The van der Waals surface area contributed by atoms with E-state index in [1.165, 1.54) is 12.8 Å². The molecule has 0 rings (SSSR count). The van der Waals surface area contributed by atoms with Gasteiger partial charge in [-0.05, 0) is 33.0 Å². The van der Waals surface area contributed by atoms with Gasteiger partial charge in [0.15, 0.2) is 0 Å². The molecule has 0 heterocycles. The Balaban J connectivity index is 3.74. The van der Waals surface area contributed by atoms with Gasteiger partial charge >= 0.3 is 0 Å². The molecule has 0 aliphatic heterocycles. The molecule has 3 heteroatoms. The summed E-state index contributed by atoms with van der Waals surface area (Å²) in [6.45, 7) is 8.47. The summed E-state index contributed by atoms with van der Waals surface area (Å²) in [5.41, 5.74) is 0. The predicted molar refractivity (Wildman–Crippen MR) is 61.7 cm³/mol. The number of nitrogens with one attached hydrogen (secondary N) is 1. The van der Waals surface area contributed by atoms with E-state index in [4.69, 9.17) is 4.74 Å². The summed E-state index contributed by atoms with van der Waals surface area (Å²) in [4.78, 5) is 2.37. The molecule has 0 aromatic rings. The minimum atomic E-state index is 0.506. The number of rotatable bonds is 9. The third-order valence-electron chi connectivity index (χ3n) is 2.37. The molecule has 0 aromatic carbocycles. The van der Waals surface area contributed by atoms with Crippen molar-refractivity contribution in [3.63, 3.8) is 0 Å². The van der Waals surface area contributed by atoms with Crippen LogP contribution in [-0.4, -0.2) is 51.3 Å². The molecule has 3 nitrogen and oxygen atoms in total. The Morgan fingerprint density at radius 2 is 2.00 bits per heavy atom. The van der Waals surface area contributed by atoms with Crippen molar-refractivity contribution in [2.75, 3.05) is 40.4 Å². The zero-order chi connectivity index (χ0) is 10.8. The lowest BCUT2D eigenvalue weighted by molar-refractivity contribution is 0.105. The first kappa shape index (κ1) is 13.9. The highest BCUT2D eigenvalue weighted by Gasteiger charge is 2.12. The first-order chi connectivity index (χ1) is 6.76. The Bertz CT molecular complexity index is 120. The Hall–Kier alpha value is -0.120. The average Bonchev–Trinajstić information content (AvgIpc) is 2.17. The van der Waals surface area contributed by atoms with Crippen LogP contribution in [0.1, 0.15) is 26.7 Å². The van der Waals surface area contributed by atoms with Crippen LogP contribution in [0.25, 0.3) is 0 Å². The first-order valence-electron chi connectivity index (χ1n) is 5.66. The smallest absolute Gasteiger partial charge is 0.0630 e. The molecule has 0 aromatic heterocycles. The fourth-order valence-electron chi connectivity index (χ4n) is 1.52. The van der Waals surface area contributed by atoms with E-state index in [1.54, 1.807) is 7.11 Å².